The molecule has 1 aromatic rings. The van der Waals surface area contributed by atoms with Crippen LogP contribution >= 0.6 is 0 Å². The first-order valence-corrected chi connectivity index (χ1v) is 4.39. The molecule has 0 saturated carbocycles. The van der Waals surface area contributed by atoms with Gasteiger partial charge in [-0.25, -0.2) is 8.78 Å². The zero-order chi connectivity index (χ0) is 10.9. The van der Waals surface area contributed by atoms with Crippen molar-refractivity contribution in [2.75, 3.05) is 0 Å². The maximum Gasteiger partial charge on any atom is 0.137 e. The van der Waals surface area contributed by atoms with E-state index >= 15 is 0 Å². The molecule has 0 amide bonds. The number of rotatable bonds is 2. The standard InChI is InChI=1S/C11H12F2O/c1-6-4-11(13)9(5-10(6)12)7(2)8(3)14/h4-5,7H,1-3H3. The number of aryl methyl sites for hydroxylation is 1. The number of Topliss-reactive ketones (excluding diaryl/α,β-unsaturated/α-hetero) is 1. The lowest BCUT2D eigenvalue weighted by atomic mass is 9.96. The van der Waals surface area contributed by atoms with E-state index in [2.05, 4.69) is 0 Å². The molecule has 0 fully saturated rings. The summed E-state index contributed by atoms with van der Waals surface area (Å²) in [6.07, 6.45) is 0. The third-order valence-corrected chi connectivity index (χ3v) is 2.35. The third-order valence-electron chi connectivity index (χ3n) is 2.35. The lowest BCUT2D eigenvalue weighted by molar-refractivity contribution is -0.118. The van der Waals surface area contributed by atoms with Crippen molar-refractivity contribution in [2.45, 2.75) is 26.7 Å². The van der Waals surface area contributed by atoms with E-state index in [4.69, 9.17) is 0 Å². The second kappa shape index (κ2) is 3.86. The van der Waals surface area contributed by atoms with Crippen molar-refractivity contribution in [1.82, 2.24) is 0 Å². The average Bonchev–Trinajstić information content (AvgIpc) is 2.10. The van der Waals surface area contributed by atoms with Gasteiger partial charge >= 0.3 is 0 Å². The number of benzene rings is 1. The fraction of sp³-hybridized carbons (Fsp3) is 0.364. The van der Waals surface area contributed by atoms with Gasteiger partial charge in [0.1, 0.15) is 17.4 Å². The van der Waals surface area contributed by atoms with E-state index in [1.807, 2.05) is 0 Å². The van der Waals surface area contributed by atoms with Crippen LogP contribution in [0.15, 0.2) is 12.1 Å². The number of ketones is 1. The van der Waals surface area contributed by atoms with Crippen LogP contribution in [0.25, 0.3) is 0 Å². The summed E-state index contributed by atoms with van der Waals surface area (Å²) in [7, 11) is 0. The molecule has 0 heterocycles. The zero-order valence-corrected chi connectivity index (χ0v) is 8.40. The minimum absolute atomic E-state index is 0.126. The fourth-order valence-electron chi connectivity index (χ4n) is 1.21. The van der Waals surface area contributed by atoms with Crippen molar-refractivity contribution in [3.8, 4) is 0 Å². The van der Waals surface area contributed by atoms with Gasteiger partial charge in [0, 0.05) is 11.5 Å². The number of carbonyl (C=O) groups excluding carboxylic acids is 1. The maximum absolute atomic E-state index is 13.3. The first kappa shape index (κ1) is 10.8. The van der Waals surface area contributed by atoms with Crippen molar-refractivity contribution < 1.29 is 13.6 Å². The van der Waals surface area contributed by atoms with Gasteiger partial charge in [0.15, 0.2) is 0 Å². The Hall–Kier alpha value is -1.25. The molecule has 1 aromatic carbocycles. The lowest BCUT2D eigenvalue weighted by Gasteiger charge is -2.10. The van der Waals surface area contributed by atoms with E-state index in [1.54, 1.807) is 6.92 Å². The predicted octanol–water partition coefficient (Wildman–Crippen LogP) is 2.97. The van der Waals surface area contributed by atoms with Crippen LogP contribution in [0.1, 0.15) is 30.9 Å². The Balaban J connectivity index is 3.22. The van der Waals surface area contributed by atoms with Crippen molar-refractivity contribution >= 4 is 5.78 Å². The molecule has 1 unspecified atom stereocenters. The van der Waals surface area contributed by atoms with Crippen LogP contribution in [0.4, 0.5) is 8.78 Å². The number of carbonyl (C=O) groups is 1. The Bertz CT molecular complexity index is 372. The van der Waals surface area contributed by atoms with Crippen LogP contribution in [-0.4, -0.2) is 5.78 Å². The van der Waals surface area contributed by atoms with Gasteiger partial charge in [0.25, 0.3) is 0 Å². The van der Waals surface area contributed by atoms with Gasteiger partial charge in [-0.15, -0.1) is 0 Å². The number of halogens is 2. The molecule has 0 saturated heterocycles. The second-order valence-electron chi connectivity index (χ2n) is 3.46. The highest BCUT2D eigenvalue weighted by Gasteiger charge is 2.16. The highest BCUT2D eigenvalue weighted by atomic mass is 19.1. The predicted molar refractivity (Wildman–Crippen MR) is 50.2 cm³/mol. The molecule has 0 aromatic heterocycles. The van der Waals surface area contributed by atoms with E-state index in [9.17, 15) is 13.6 Å². The molecule has 14 heavy (non-hydrogen) atoms. The van der Waals surface area contributed by atoms with Crippen LogP contribution in [-0.2, 0) is 4.79 Å². The minimum Gasteiger partial charge on any atom is -0.299 e. The summed E-state index contributed by atoms with van der Waals surface area (Å²) in [6.45, 7) is 4.41. The first-order valence-electron chi connectivity index (χ1n) is 4.39. The first-order chi connectivity index (χ1) is 6.43. The summed E-state index contributed by atoms with van der Waals surface area (Å²) in [5.74, 6) is -1.77. The Morgan fingerprint density at radius 2 is 1.86 bits per heavy atom. The smallest absolute Gasteiger partial charge is 0.137 e. The molecule has 0 aliphatic rings. The lowest BCUT2D eigenvalue weighted by Crippen LogP contribution is -2.07. The molecular weight excluding hydrogens is 186 g/mol. The summed E-state index contributed by atoms with van der Waals surface area (Å²) in [5, 5.41) is 0. The van der Waals surface area contributed by atoms with Crippen molar-refractivity contribution in [3.63, 3.8) is 0 Å². The summed E-state index contributed by atoms with van der Waals surface area (Å²) < 4.78 is 26.4. The molecular formula is C11H12F2O. The third kappa shape index (κ3) is 1.97. The van der Waals surface area contributed by atoms with Gasteiger partial charge in [0.05, 0.1) is 0 Å². The van der Waals surface area contributed by atoms with E-state index in [1.165, 1.54) is 13.8 Å². The molecule has 1 atom stereocenters. The van der Waals surface area contributed by atoms with E-state index in [-0.39, 0.29) is 16.9 Å². The van der Waals surface area contributed by atoms with Crippen molar-refractivity contribution in [3.05, 3.63) is 34.9 Å². The highest BCUT2D eigenvalue weighted by molar-refractivity contribution is 5.82. The number of hydrogen-bond acceptors (Lipinski definition) is 1. The van der Waals surface area contributed by atoms with Gasteiger partial charge in [-0.2, -0.15) is 0 Å². The fourth-order valence-corrected chi connectivity index (χ4v) is 1.21. The van der Waals surface area contributed by atoms with E-state index in [0.29, 0.717) is 0 Å². The molecule has 1 rings (SSSR count). The summed E-state index contributed by atoms with van der Waals surface area (Å²) in [5.41, 5.74) is 0.377. The summed E-state index contributed by atoms with van der Waals surface area (Å²) in [4.78, 5) is 11.0. The molecule has 3 heteroatoms. The van der Waals surface area contributed by atoms with E-state index < -0.39 is 17.6 Å². The molecule has 0 aliphatic heterocycles. The van der Waals surface area contributed by atoms with Gasteiger partial charge in [-0.3, -0.25) is 4.79 Å². The zero-order valence-electron chi connectivity index (χ0n) is 8.40. The largest absolute Gasteiger partial charge is 0.299 e. The topological polar surface area (TPSA) is 17.1 Å². The van der Waals surface area contributed by atoms with E-state index in [0.717, 1.165) is 12.1 Å². The highest BCUT2D eigenvalue weighted by Crippen LogP contribution is 2.22. The van der Waals surface area contributed by atoms with Gasteiger partial charge in [-0.05, 0) is 31.5 Å². The van der Waals surface area contributed by atoms with Crippen molar-refractivity contribution in [1.29, 1.82) is 0 Å². The van der Waals surface area contributed by atoms with Gasteiger partial charge in [-0.1, -0.05) is 6.92 Å². The summed E-state index contributed by atoms with van der Waals surface area (Å²) >= 11 is 0. The molecule has 0 bridgehead atoms. The van der Waals surface area contributed by atoms with Gasteiger partial charge < -0.3 is 0 Å². The molecule has 0 radical (unpaired) electrons. The average molecular weight is 198 g/mol. The quantitative estimate of drug-likeness (QED) is 0.714. The van der Waals surface area contributed by atoms with Crippen LogP contribution in [0, 0.1) is 18.6 Å². The van der Waals surface area contributed by atoms with Crippen LogP contribution in [0.3, 0.4) is 0 Å². The van der Waals surface area contributed by atoms with Crippen LogP contribution in [0.2, 0.25) is 0 Å². The van der Waals surface area contributed by atoms with Crippen LogP contribution < -0.4 is 0 Å². The SMILES string of the molecule is CC(=O)C(C)c1cc(F)c(C)cc1F. The normalized spacial score (nSPS) is 12.6. The summed E-state index contributed by atoms with van der Waals surface area (Å²) in [6, 6.07) is 2.21. The Morgan fingerprint density at radius 3 is 2.36 bits per heavy atom. The van der Waals surface area contributed by atoms with Crippen LogP contribution in [0.5, 0.6) is 0 Å². The second-order valence-corrected chi connectivity index (χ2v) is 3.46. The Labute approximate surface area is 81.7 Å². The van der Waals surface area contributed by atoms with Gasteiger partial charge in [0.2, 0.25) is 0 Å². The molecule has 1 nitrogen and oxygen atoms in total. The Morgan fingerprint density at radius 1 is 1.29 bits per heavy atom. The Kier molecular flexibility index (Phi) is 2.99. The molecule has 0 spiro atoms. The monoisotopic (exact) mass is 198 g/mol. The molecule has 0 N–H and O–H groups in total. The number of hydrogen-bond donors (Lipinski definition) is 0. The molecule has 0 aliphatic carbocycles. The van der Waals surface area contributed by atoms with Crippen molar-refractivity contribution in [2.24, 2.45) is 0 Å². The molecule has 76 valence electrons. The minimum atomic E-state index is -0.593. The maximum atomic E-state index is 13.3.